The van der Waals surface area contributed by atoms with E-state index >= 15 is 0 Å². The van der Waals surface area contributed by atoms with Gasteiger partial charge in [-0.05, 0) is 87.3 Å². The van der Waals surface area contributed by atoms with Gasteiger partial charge in [0.1, 0.15) is 5.82 Å². The molecule has 7 heteroatoms. The van der Waals surface area contributed by atoms with Crippen molar-refractivity contribution in [1.29, 1.82) is 0 Å². The zero-order chi connectivity index (χ0) is 23.3. The van der Waals surface area contributed by atoms with Crippen LogP contribution in [0.3, 0.4) is 0 Å². The van der Waals surface area contributed by atoms with Gasteiger partial charge in [-0.25, -0.2) is 4.98 Å². The summed E-state index contributed by atoms with van der Waals surface area (Å²) in [6.45, 7) is 5.57. The predicted molar refractivity (Wildman–Crippen MR) is 140 cm³/mol. The van der Waals surface area contributed by atoms with E-state index in [9.17, 15) is 4.79 Å². The number of nitrogens with one attached hydrogen (secondary N) is 1. The molecule has 3 heterocycles. The minimum absolute atomic E-state index is 0.260. The lowest BCUT2D eigenvalue weighted by Gasteiger charge is -2.37. The first-order chi connectivity index (χ1) is 16.7. The molecule has 0 aromatic carbocycles. The summed E-state index contributed by atoms with van der Waals surface area (Å²) in [4.78, 5) is 22.3. The summed E-state index contributed by atoms with van der Waals surface area (Å²) in [5.74, 6) is 2.74. The number of hydrogen-bond donors (Lipinski definition) is 1. The summed E-state index contributed by atoms with van der Waals surface area (Å²) in [6, 6.07) is 4.71. The van der Waals surface area contributed by atoms with Crippen molar-refractivity contribution in [2.45, 2.75) is 69.9 Å². The average molecular weight is 485 g/mol. The van der Waals surface area contributed by atoms with E-state index in [1.54, 1.807) is 18.4 Å². The van der Waals surface area contributed by atoms with Gasteiger partial charge in [0.05, 0.1) is 6.10 Å². The number of hydrogen-bond acceptors (Lipinski definition) is 6. The zero-order valence-corrected chi connectivity index (χ0v) is 21.4. The number of aromatic nitrogens is 1. The molecule has 34 heavy (non-hydrogen) atoms. The van der Waals surface area contributed by atoms with Crippen LogP contribution < -0.4 is 10.2 Å². The second kappa shape index (κ2) is 11.4. The molecule has 2 atom stereocenters. The van der Waals surface area contributed by atoms with Gasteiger partial charge in [-0.15, -0.1) is 11.3 Å². The minimum Gasteiger partial charge on any atom is -0.381 e. The molecule has 6 nitrogen and oxygen atoms in total. The lowest BCUT2D eigenvalue weighted by Crippen LogP contribution is -2.47. The van der Waals surface area contributed by atoms with Crippen LogP contribution in [-0.2, 0) is 9.53 Å². The molecule has 0 radical (unpaired) electrons. The molecule has 3 aliphatic rings. The molecule has 0 bridgehead atoms. The predicted octanol–water partition coefficient (Wildman–Crippen LogP) is 4.69. The van der Waals surface area contributed by atoms with Crippen LogP contribution in [-0.4, -0.2) is 67.8 Å². The number of ether oxygens (including phenoxy) is 1. The number of carbonyl (C=O) groups excluding carboxylic acids is 1. The summed E-state index contributed by atoms with van der Waals surface area (Å²) < 4.78 is 6.78. The van der Waals surface area contributed by atoms with Crippen LogP contribution in [0.15, 0.2) is 23.7 Å². The van der Waals surface area contributed by atoms with Gasteiger partial charge in [0.15, 0.2) is 0 Å². The van der Waals surface area contributed by atoms with Crippen molar-refractivity contribution in [3.63, 3.8) is 0 Å². The molecule has 1 amide bonds. The third kappa shape index (κ3) is 5.92. The monoisotopic (exact) mass is 484 g/mol. The van der Waals surface area contributed by atoms with Crippen LogP contribution in [0.4, 0.5) is 5.82 Å². The molecule has 1 N–H and O–H groups in total. The second-order valence-electron chi connectivity index (χ2n) is 10.6. The van der Waals surface area contributed by atoms with Gasteiger partial charge in [0.2, 0.25) is 5.91 Å². The van der Waals surface area contributed by atoms with Gasteiger partial charge in [0, 0.05) is 62.0 Å². The van der Waals surface area contributed by atoms with Crippen LogP contribution in [0.5, 0.6) is 0 Å². The summed E-state index contributed by atoms with van der Waals surface area (Å²) in [5, 5.41) is 6.80. The maximum Gasteiger partial charge on any atom is 0.220 e. The number of nitrogens with zero attached hydrogens (tertiary/aromatic N) is 3. The van der Waals surface area contributed by atoms with Gasteiger partial charge >= 0.3 is 0 Å². The fourth-order valence-corrected chi connectivity index (χ4v) is 7.03. The largest absolute Gasteiger partial charge is 0.381 e. The van der Waals surface area contributed by atoms with E-state index in [4.69, 9.17) is 4.74 Å². The Morgan fingerprint density at radius 2 is 1.88 bits per heavy atom. The highest BCUT2D eigenvalue weighted by atomic mass is 32.1. The van der Waals surface area contributed by atoms with Crippen molar-refractivity contribution in [1.82, 2.24) is 15.2 Å². The van der Waals surface area contributed by atoms with Gasteiger partial charge in [0.25, 0.3) is 0 Å². The molecule has 3 fully saturated rings. The number of carbonyl (C=O) groups is 1. The van der Waals surface area contributed by atoms with Crippen LogP contribution >= 0.6 is 11.3 Å². The van der Waals surface area contributed by atoms with Crippen molar-refractivity contribution >= 4 is 33.1 Å². The molecule has 0 unspecified atom stereocenters. The van der Waals surface area contributed by atoms with E-state index in [0.29, 0.717) is 24.5 Å². The summed E-state index contributed by atoms with van der Waals surface area (Å²) in [6.07, 6.45) is 12.4. The number of amides is 1. The van der Waals surface area contributed by atoms with Crippen molar-refractivity contribution in [3.05, 3.63) is 23.7 Å². The average Bonchev–Trinajstić information content (AvgIpc) is 3.53. The second-order valence-corrected chi connectivity index (χ2v) is 11.6. The molecule has 2 aliphatic carbocycles. The van der Waals surface area contributed by atoms with Crippen LogP contribution in [0, 0.1) is 11.8 Å². The number of thiophene rings is 1. The first-order valence-electron chi connectivity index (χ1n) is 13.3. The third-order valence-electron chi connectivity index (χ3n) is 8.40. The molecule has 186 valence electrons. The lowest BCUT2D eigenvalue weighted by atomic mass is 9.84. The highest BCUT2D eigenvalue weighted by Gasteiger charge is 2.28. The van der Waals surface area contributed by atoms with E-state index in [1.807, 2.05) is 6.20 Å². The maximum atomic E-state index is 12.5. The molecule has 0 spiro atoms. The van der Waals surface area contributed by atoms with Crippen molar-refractivity contribution < 1.29 is 9.53 Å². The smallest absolute Gasteiger partial charge is 0.220 e. The van der Waals surface area contributed by atoms with Crippen molar-refractivity contribution in [2.24, 2.45) is 11.8 Å². The molecule has 1 saturated heterocycles. The van der Waals surface area contributed by atoms with Gasteiger partial charge in [-0.1, -0.05) is 0 Å². The number of methoxy groups -OCH3 is 1. The third-order valence-corrected chi connectivity index (χ3v) is 9.28. The standard InChI is InChI=1S/C27H40N4O2S/c1-33-23-7-4-21(18-23)19-26(32)29-22-5-2-20(3-6-22)9-12-30-13-15-31(16-14-30)27-24-10-17-34-25(24)8-11-28-27/h8,10-11,17,20-23H,2-7,9,12-16,18-19H2,1H3,(H,29,32)/t20?,21-,22?,23-/m0/s1. The minimum atomic E-state index is 0.260. The number of piperazine rings is 1. The van der Waals surface area contributed by atoms with Crippen LogP contribution in [0.25, 0.3) is 10.1 Å². The highest BCUT2D eigenvalue weighted by molar-refractivity contribution is 7.17. The molecule has 2 aromatic rings. The molecular weight excluding hydrogens is 444 g/mol. The zero-order valence-electron chi connectivity index (χ0n) is 20.6. The first-order valence-corrected chi connectivity index (χ1v) is 14.2. The Hall–Kier alpha value is -1.70. The summed E-state index contributed by atoms with van der Waals surface area (Å²) >= 11 is 1.80. The molecule has 1 aliphatic heterocycles. The maximum absolute atomic E-state index is 12.5. The fraction of sp³-hybridized carbons (Fsp3) is 0.704. The van der Waals surface area contributed by atoms with Crippen LogP contribution in [0.2, 0.25) is 0 Å². The van der Waals surface area contributed by atoms with Crippen LogP contribution in [0.1, 0.15) is 57.8 Å². The number of rotatable bonds is 8. The summed E-state index contributed by atoms with van der Waals surface area (Å²) in [7, 11) is 1.79. The Labute approximate surface area is 208 Å². The Balaban J connectivity index is 0.981. The molecular formula is C27H40N4O2S. The Morgan fingerprint density at radius 3 is 2.65 bits per heavy atom. The SMILES string of the molecule is CO[C@H]1CC[C@H](CC(=O)NC2CCC(CCN3CCN(c4nccc5sccc45)CC3)CC2)C1. The topological polar surface area (TPSA) is 57.7 Å². The van der Waals surface area contributed by atoms with Gasteiger partial charge in [-0.2, -0.15) is 0 Å². The quantitative estimate of drug-likeness (QED) is 0.589. The Kier molecular flexibility index (Phi) is 8.02. The Morgan fingerprint density at radius 1 is 1.09 bits per heavy atom. The highest BCUT2D eigenvalue weighted by Crippen LogP contribution is 2.32. The summed E-state index contributed by atoms with van der Waals surface area (Å²) in [5.41, 5.74) is 0. The van der Waals surface area contributed by atoms with E-state index < -0.39 is 0 Å². The number of pyridine rings is 1. The fourth-order valence-electron chi connectivity index (χ4n) is 6.25. The molecule has 5 rings (SSSR count). The van der Waals surface area contributed by atoms with Gasteiger partial charge in [-0.3, -0.25) is 9.69 Å². The molecule has 2 aromatic heterocycles. The van der Waals surface area contributed by atoms with Gasteiger partial charge < -0.3 is 15.0 Å². The van der Waals surface area contributed by atoms with E-state index in [1.165, 1.54) is 35.9 Å². The number of anilines is 1. The number of fused-ring (bicyclic) bond motifs is 1. The normalized spacial score (nSPS) is 28.4. The van der Waals surface area contributed by atoms with Crippen molar-refractivity contribution in [3.8, 4) is 0 Å². The van der Waals surface area contributed by atoms with E-state index in [-0.39, 0.29) is 5.91 Å². The van der Waals surface area contributed by atoms with Crippen molar-refractivity contribution in [2.75, 3.05) is 44.7 Å². The Bertz CT molecular complexity index is 934. The van der Waals surface area contributed by atoms with E-state index in [0.717, 1.165) is 70.0 Å². The molecule has 2 saturated carbocycles. The van der Waals surface area contributed by atoms with E-state index in [2.05, 4.69) is 37.6 Å². The first kappa shape index (κ1) is 24.0. The lowest BCUT2D eigenvalue weighted by molar-refractivity contribution is -0.123.